The van der Waals surface area contributed by atoms with Crippen molar-refractivity contribution in [1.29, 1.82) is 0 Å². The van der Waals surface area contributed by atoms with E-state index in [-0.39, 0.29) is 29.6 Å². The van der Waals surface area contributed by atoms with Crippen LogP contribution >= 0.6 is 11.8 Å². The lowest BCUT2D eigenvalue weighted by atomic mass is 10.1. The number of aryl methyl sites for hydroxylation is 2. The van der Waals surface area contributed by atoms with Crippen LogP contribution in [0.3, 0.4) is 0 Å². The molecule has 8 nitrogen and oxygen atoms in total. The zero-order valence-electron chi connectivity index (χ0n) is 18.9. The second kappa shape index (κ2) is 9.66. The molecule has 1 saturated heterocycles. The van der Waals surface area contributed by atoms with Gasteiger partial charge in [0.15, 0.2) is 11.0 Å². The summed E-state index contributed by atoms with van der Waals surface area (Å²) < 4.78 is 29.1. The number of nitrogens with zero attached hydrogens (tertiary/aromatic N) is 5. The van der Waals surface area contributed by atoms with Crippen LogP contribution in [0.15, 0.2) is 58.6 Å². The number of amides is 1. The molecule has 1 aliphatic heterocycles. The van der Waals surface area contributed by atoms with Crippen molar-refractivity contribution < 1.29 is 13.2 Å². The summed E-state index contributed by atoms with van der Waals surface area (Å²) in [5.74, 6) is 0.942. The average Bonchev–Trinajstić information content (AvgIpc) is 3.18. The molecule has 0 saturated carbocycles. The second-order valence-electron chi connectivity index (χ2n) is 8.12. The number of rotatable bonds is 6. The van der Waals surface area contributed by atoms with E-state index in [1.165, 1.54) is 21.6 Å². The normalized spacial score (nSPS) is 15.1. The number of aromatic nitrogens is 3. The third kappa shape index (κ3) is 5.13. The Labute approximate surface area is 198 Å². The Morgan fingerprint density at radius 1 is 0.909 bits per heavy atom. The molecule has 0 unspecified atom stereocenters. The van der Waals surface area contributed by atoms with Gasteiger partial charge in [-0.15, -0.1) is 10.2 Å². The van der Waals surface area contributed by atoms with E-state index in [9.17, 15) is 13.2 Å². The summed E-state index contributed by atoms with van der Waals surface area (Å²) in [6.07, 6.45) is 0. The minimum Gasteiger partial charge on any atom is -0.339 e. The Balaban J connectivity index is 1.33. The van der Waals surface area contributed by atoms with Crippen LogP contribution in [0.1, 0.15) is 11.1 Å². The largest absolute Gasteiger partial charge is 0.339 e. The first kappa shape index (κ1) is 23.5. The molecule has 174 valence electrons. The van der Waals surface area contributed by atoms with Crippen molar-refractivity contribution in [3.8, 4) is 11.4 Å². The van der Waals surface area contributed by atoms with Gasteiger partial charge in [-0.25, -0.2) is 8.42 Å². The van der Waals surface area contributed by atoms with Crippen molar-refractivity contribution in [1.82, 2.24) is 24.0 Å². The summed E-state index contributed by atoms with van der Waals surface area (Å²) in [6.45, 7) is 5.27. The highest BCUT2D eigenvalue weighted by Crippen LogP contribution is 2.24. The molecule has 3 aromatic rings. The van der Waals surface area contributed by atoms with Gasteiger partial charge in [0.2, 0.25) is 15.9 Å². The van der Waals surface area contributed by atoms with Crippen LogP contribution in [0.5, 0.6) is 0 Å². The molecule has 1 aromatic heterocycles. The fourth-order valence-electron chi connectivity index (χ4n) is 3.65. The van der Waals surface area contributed by atoms with Crippen molar-refractivity contribution in [2.45, 2.75) is 23.9 Å². The molecular formula is C23H27N5O3S2. The molecule has 1 aliphatic rings. The van der Waals surface area contributed by atoms with Gasteiger partial charge in [0.25, 0.3) is 0 Å². The SMILES string of the molecule is Cc1ccc(-c2nnc(SCC(=O)N3CCN(S(=O)(=O)c4ccc(C)cc4)CC3)n2C)cc1. The summed E-state index contributed by atoms with van der Waals surface area (Å²) in [7, 11) is -1.66. The zero-order chi connectivity index (χ0) is 23.6. The van der Waals surface area contributed by atoms with E-state index >= 15 is 0 Å². The molecule has 0 N–H and O–H groups in total. The van der Waals surface area contributed by atoms with Crippen LogP contribution in [0.2, 0.25) is 0 Å². The number of thioether (sulfide) groups is 1. The molecular weight excluding hydrogens is 458 g/mol. The molecule has 10 heteroatoms. The Morgan fingerprint density at radius 2 is 1.48 bits per heavy atom. The van der Waals surface area contributed by atoms with E-state index in [4.69, 9.17) is 0 Å². The van der Waals surface area contributed by atoms with Gasteiger partial charge in [-0.05, 0) is 26.0 Å². The quantitative estimate of drug-likeness (QED) is 0.499. The van der Waals surface area contributed by atoms with Gasteiger partial charge < -0.3 is 9.47 Å². The molecule has 0 spiro atoms. The molecule has 1 amide bonds. The fourth-order valence-corrected chi connectivity index (χ4v) is 5.89. The minimum absolute atomic E-state index is 0.0349. The standard InChI is InChI=1S/C23H27N5O3S2/c1-17-4-8-19(9-5-17)22-24-25-23(26(22)3)32-16-21(29)27-12-14-28(15-13-27)33(30,31)20-10-6-18(2)7-11-20/h4-11H,12-16H2,1-3H3. The number of benzene rings is 2. The average molecular weight is 486 g/mol. The van der Waals surface area contributed by atoms with E-state index in [2.05, 4.69) is 10.2 Å². The number of hydrogen-bond acceptors (Lipinski definition) is 6. The molecule has 0 aliphatic carbocycles. The van der Waals surface area contributed by atoms with Crippen LogP contribution < -0.4 is 0 Å². The molecule has 0 radical (unpaired) electrons. The molecule has 0 atom stereocenters. The Morgan fingerprint density at radius 3 is 2.09 bits per heavy atom. The summed E-state index contributed by atoms with van der Waals surface area (Å²) in [4.78, 5) is 14.7. The zero-order valence-corrected chi connectivity index (χ0v) is 20.6. The van der Waals surface area contributed by atoms with Crippen LogP contribution in [0.25, 0.3) is 11.4 Å². The van der Waals surface area contributed by atoms with Gasteiger partial charge in [-0.2, -0.15) is 4.31 Å². The smallest absolute Gasteiger partial charge is 0.243 e. The van der Waals surface area contributed by atoms with E-state index in [1.54, 1.807) is 29.2 Å². The van der Waals surface area contributed by atoms with E-state index in [1.807, 2.05) is 49.7 Å². The molecule has 33 heavy (non-hydrogen) atoms. The van der Waals surface area contributed by atoms with Crippen molar-refractivity contribution in [2.75, 3.05) is 31.9 Å². The first-order chi connectivity index (χ1) is 15.8. The lowest BCUT2D eigenvalue weighted by Crippen LogP contribution is -2.50. The van der Waals surface area contributed by atoms with Crippen molar-refractivity contribution in [2.24, 2.45) is 7.05 Å². The second-order valence-corrected chi connectivity index (χ2v) is 11.0. The first-order valence-corrected chi connectivity index (χ1v) is 13.1. The Bertz CT molecular complexity index is 1230. The lowest BCUT2D eigenvalue weighted by molar-refractivity contribution is -0.129. The van der Waals surface area contributed by atoms with Gasteiger partial charge >= 0.3 is 0 Å². The highest BCUT2D eigenvalue weighted by atomic mass is 32.2. The van der Waals surface area contributed by atoms with E-state index < -0.39 is 10.0 Å². The molecule has 2 heterocycles. The topological polar surface area (TPSA) is 88.4 Å². The maximum atomic E-state index is 12.9. The van der Waals surface area contributed by atoms with Crippen LogP contribution in [0, 0.1) is 13.8 Å². The monoisotopic (exact) mass is 485 g/mol. The van der Waals surface area contributed by atoms with Crippen LogP contribution in [0.4, 0.5) is 0 Å². The van der Waals surface area contributed by atoms with Crippen LogP contribution in [-0.2, 0) is 21.9 Å². The summed E-state index contributed by atoms with van der Waals surface area (Å²) in [5, 5.41) is 9.17. The van der Waals surface area contributed by atoms with Crippen molar-refractivity contribution in [3.05, 3.63) is 59.7 Å². The minimum atomic E-state index is -3.55. The maximum Gasteiger partial charge on any atom is 0.243 e. The predicted octanol–water partition coefficient (Wildman–Crippen LogP) is 2.72. The number of sulfonamides is 1. The summed E-state index contributed by atoms with van der Waals surface area (Å²) in [6, 6.07) is 14.9. The lowest BCUT2D eigenvalue weighted by Gasteiger charge is -2.34. The van der Waals surface area contributed by atoms with Crippen molar-refractivity contribution in [3.63, 3.8) is 0 Å². The van der Waals surface area contributed by atoms with E-state index in [0.717, 1.165) is 17.0 Å². The maximum absolute atomic E-state index is 12.9. The van der Waals surface area contributed by atoms with Gasteiger partial charge in [0.1, 0.15) is 0 Å². The fraction of sp³-hybridized carbons (Fsp3) is 0.348. The summed E-state index contributed by atoms with van der Waals surface area (Å²) >= 11 is 1.34. The summed E-state index contributed by atoms with van der Waals surface area (Å²) in [5.41, 5.74) is 3.16. The third-order valence-corrected chi connectivity index (χ3v) is 8.64. The van der Waals surface area contributed by atoms with Gasteiger partial charge in [0, 0.05) is 38.8 Å². The number of carbonyl (C=O) groups excluding carboxylic acids is 1. The van der Waals surface area contributed by atoms with Gasteiger partial charge in [-0.1, -0.05) is 59.3 Å². The number of piperazine rings is 1. The first-order valence-electron chi connectivity index (χ1n) is 10.7. The van der Waals surface area contributed by atoms with Crippen LogP contribution in [-0.4, -0.2) is 70.2 Å². The third-order valence-electron chi connectivity index (χ3n) is 5.72. The number of carbonyl (C=O) groups is 1. The van der Waals surface area contributed by atoms with Gasteiger partial charge in [-0.3, -0.25) is 4.79 Å². The van der Waals surface area contributed by atoms with E-state index in [0.29, 0.717) is 18.2 Å². The molecule has 1 fully saturated rings. The molecule has 4 rings (SSSR count). The highest BCUT2D eigenvalue weighted by Gasteiger charge is 2.30. The van der Waals surface area contributed by atoms with Gasteiger partial charge in [0.05, 0.1) is 10.6 Å². The van der Waals surface area contributed by atoms with Crippen molar-refractivity contribution >= 4 is 27.7 Å². The number of hydrogen-bond donors (Lipinski definition) is 0. The Hall–Kier alpha value is -2.69. The molecule has 0 bridgehead atoms. The Kier molecular flexibility index (Phi) is 6.87. The molecule has 2 aromatic carbocycles. The highest BCUT2D eigenvalue weighted by molar-refractivity contribution is 7.99. The predicted molar refractivity (Wildman–Crippen MR) is 128 cm³/mol.